The Hall–Kier alpha value is -0.810. The van der Waals surface area contributed by atoms with Crippen LogP contribution in [0.1, 0.15) is 20.3 Å². The van der Waals surface area contributed by atoms with Gasteiger partial charge in [-0.3, -0.25) is 9.69 Å². The molecule has 1 heterocycles. The van der Waals surface area contributed by atoms with Crippen LogP contribution in [0.2, 0.25) is 5.02 Å². The summed E-state index contributed by atoms with van der Waals surface area (Å²) in [7, 11) is 0. The van der Waals surface area contributed by atoms with Crippen LogP contribution in [-0.4, -0.2) is 42.6 Å². The zero-order valence-corrected chi connectivity index (χ0v) is 13.9. The van der Waals surface area contributed by atoms with Crippen LogP contribution in [0.3, 0.4) is 0 Å². The van der Waals surface area contributed by atoms with E-state index in [1.165, 1.54) is 0 Å². The Balaban J connectivity index is 0.00000220. The first-order chi connectivity index (χ1) is 9.52. The summed E-state index contributed by atoms with van der Waals surface area (Å²) in [5.41, 5.74) is 0.781. The number of rotatable bonds is 4. The van der Waals surface area contributed by atoms with Crippen molar-refractivity contribution in [1.29, 1.82) is 0 Å². The zero-order chi connectivity index (χ0) is 14.5. The first kappa shape index (κ1) is 18.2. The number of carbonyl (C=O) groups is 1. The molecule has 118 valence electrons. The van der Waals surface area contributed by atoms with Crippen molar-refractivity contribution >= 4 is 35.6 Å². The van der Waals surface area contributed by atoms with Crippen LogP contribution >= 0.6 is 24.0 Å². The van der Waals surface area contributed by atoms with Gasteiger partial charge in [-0.25, -0.2) is 0 Å². The van der Waals surface area contributed by atoms with Gasteiger partial charge < -0.3 is 10.1 Å². The first-order valence-electron chi connectivity index (χ1n) is 6.96. The van der Waals surface area contributed by atoms with E-state index in [9.17, 15) is 4.79 Å². The number of morpholine rings is 1. The Labute approximate surface area is 137 Å². The van der Waals surface area contributed by atoms with Crippen molar-refractivity contribution in [3.05, 3.63) is 29.3 Å². The third-order valence-corrected chi connectivity index (χ3v) is 3.53. The molecule has 4 nitrogen and oxygen atoms in total. The molecule has 0 aromatic heterocycles. The maximum atomic E-state index is 11.9. The number of hydrogen-bond acceptors (Lipinski definition) is 3. The van der Waals surface area contributed by atoms with E-state index >= 15 is 0 Å². The maximum Gasteiger partial charge on any atom is 0.225 e. The Morgan fingerprint density at radius 1 is 1.29 bits per heavy atom. The Morgan fingerprint density at radius 2 is 1.86 bits per heavy atom. The van der Waals surface area contributed by atoms with Crippen LogP contribution in [0.4, 0.5) is 5.69 Å². The number of benzene rings is 1. The maximum absolute atomic E-state index is 11.9. The van der Waals surface area contributed by atoms with Crippen LogP contribution in [-0.2, 0) is 9.53 Å². The average Bonchev–Trinajstić information content (AvgIpc) is 2.38. The molecule has 2 unspecified atom stereocenters. The molecule has 2 rings (SSSR count). The van der Waals surface area contributed by atoms with Crippen molar-refractivity contribution in [3.63, 3.8) is 0 Å². The molecular weight excluding hydrogens is 311 g/mol. The second-order valence-corrected chi connectivity index (χ2v) is 5.76. The van der Waals surface area contributed by atoms with Gasteiger partial charge in [-0.05, 0) is 38.1 Å². The molecule has 1 aromatic carbocycles. The van der Waals surface area contributed by atoms with Crippen LogP contribution < -0.4 is 5.32 Å². The van der Waals surface area contributed by atoms with Gasteiger partial charge in [-0.15, -0.1) is 12.4 Å². The van der Waals surface area contributed by atoms with E-state index in [0.717, 1.165) is 25.3 Å². The molecule has 6 heteroatoms. The summed E-state index contributed by atoms with van der Waals surface area (Å²) >= 11 is 5.81. The number of halogens is 2. The fourth-order valence-corrected chi connectivity index (χ4v) is 2.61. The highest BCUT2D eigenvalue weighted by Crippen LogP contribution is 2.14. The van der Waals surface area contributed by atoms with Gasteiger partial charge in [0.1, 0.15) is 0 Å². The molecule has 0 saturated carbocycles. The van der Waals surface area contributed by atoms with Gasteiger partial charge in [0, 0.05) is 36.8 Å². The summed E-state index contributed by atoms with van der Waals surface area (Å²) in [6.45, 7) is 6.67. The van der Waals surface area contributed by atoms with E-state index in [4.69, 9.17) is 16.3 Å². The minimum Gasteiger partial charge on any atom is -0.373 e. The number of nitrogens with zero attached hydrogens (tertiary/aromatic N) is 1. The van der Waals surface area contributed by atoms with E-state index < -0.39 is 0 Å². The molecule has 1 N–H and O–H groups in total. The molecule has 2 atom stereocenters. The smallest absolute Gasteiger partial charge is 0.225 e. The molecule has 1 aliphatic rings. The lowest BCUT2D eigenvalue weighted by atomic mass is 10.2. The third kappa shape index (κ3) is 6.22. The molecule has 1 aromatic rings. The van der Waals surface area contributed by atoms with Crippen molar-refractivity contribution in [1.82, 2.24) is 4.90 Å². The molecule has 0 aliphatic carbocycles. The third-order valence-electron chi connectivity index (χ3n) is 3.28. The molecule has 1 amide bonds. The molecule has 1 aliphatic heterocycles. The standard InChI is InChI=1S/C15H21ClN2O2.ClH/c1-11-9-18(10-12(2)20-11)8-7-15(19)17-14-5-3-13(16)4-6-14;/h3-6,11-12H,7-10H2,1-2H3,(H,17,19);1H. The van der Waals surface area contributed by atoms with Gasteiger partial charge in [0.25, 0.3) is 0 Å². The number of anilines is 1. The van der Waals surface area contributed by atoms with Crippen molar-refractivity contribution in [2.24, 2.45) is 0 Å². The van der Waals surface area contributed by atoms with Crippen molar-refractivity contribution in [3.8, 4) is 0 Å². The summed E-state index contributed by atoms with van der Waals surface area (Å²) in [4.78, 5) is 14.2. The number of hydrogen-bond donors (Lipinski definition) is 1. The van der Waals surface area contributed by atoms with Crippen LogP contribution in [0, 0.1) is 0 Å². The van der Waals surface area contributed by atoms with Crippen LogP contribution in [0.25, 0.3) is 0 Å². The normalized spacial score (nSPS) is 22.4. The van der Waals surface area contributed by atoms with E-state index in [1.54, 1.807) is 24.3 Å². The topological polar surface area (TPSA) is 41.6 Å². The Morgan fingerprint density at radius 3 is 2.43 bits per heavy atom. The van der Waals surface area contributed by atoms with Gasteiger partial charge in [0.2, 0.25) is 5.91 Å². The quantitative estimate of drug-likeness (QED) is 0.920. The molecule has 0 bridgehead atoms. The minimum absolute atomic E-state index is 0. The lowest BCUT2D eigenvalue weighted by Crippen LogP contribution is -2.46. The minimum atomic E-state index is 0. The lowest BCUT2D eigenvalue weighted by Gasteiger charge is -2.35. The second kappa shape index (κ2) is 8.59. The largest absolute Gasteiger partial charge is 0.373 e. The SMILES string of the molecule is CC1CN(CCC(=O)Nc2ccc(Cl)cc2)CC(C)O1.Cl. The summed E-state index contributed by atoms with van der Waals surface area (Å²) in [5, 5.41) is 3.54. The number of amides is 1. The first-order valence-corrected chi connectivity index (χ1v) is 7.34. The molecule has 0 radical (unpaired) electrons. The summed E-state index contributed by atoms with van der Waals surface area (Å²) in [6, 6.07) is 7.14. The molecule has 1 fully saturated rings. The molecule has 21 heavy (non-hydrogen) atoms. The van der Waals surface area contributed by atoms with Crippen LogP contribution in [0.5, 0.6) is 0 Å². The fourth-order valence-electron chi connectivity index (χ4n) is 2.48. The molecule has 0 spiro atoms. The zero-order valence-electron chi connectivity index (χ0n) is 12.3. The number of ether oxygens (including phenoxy) is 1. The second-order valence-electron chi connectivity index (χ2n) is 5.32. The van der Waals surface area contributed by atoms with Gasteiger partial charge in [0.05, 0.1) is 12.2 Å². The summed E-state index contributed by atoms with van der Waals surface area (Å²) < 4.78 is 5.68. The summed E-state index contributed by atoms with van der Waals surface area (Å²) in [6.07, 6.45) is 0.957. The number of carbonyl (C=O) groups excluding carboxylic acids is 1. The van der Waals surface area contributed by atoms with E-state index in [2.05, 4.69) is 24.1 Å². The lowest BCUT2D eigenvalue weighted by molar-refractivity contribution is -0.117. The van der Waals surface area contributed by atoms with Crippen molar-refractivity contribution in [2.75, 3.05) is 25.0 Å². The predicted octanol–water partition coefficient (Wildman–Crippen LogP) is 3.20. The Kier molecular flexibility index (Phi) is 7.46. The van der Waals surface area contributed by atoms with E-state index in [1.807, 2.05) is 0 Å². The fraction of sp³-hybridized carbons (Fsp3) is 0.533. The highest BCUT2D eigenvalue weighted by molar-refractivity contribution is 6.30. The van der Waals surface area contributed by atoms with Crippen LogP contribution in [0.15, 0.2) is 24.3 Å². The molecular formula is C15H22Cl2N2O2. The predicted molar refractivity (Wildman–Crippen MR) is 88.4 cm³/mol. The van der Waals surface area contributed by atoms with Gasteiger partial charge >= 0.3 is 0 Å². The monoisotopic (exact) mass is 332 g/mol. The number of nitrogens with one attached hydrogen (secondary N) is 1. The highest BCUT2D eigenvalue weighted by atomic mass is 35.5. The van der Waals surface area contributed by atoms with Crippen molar-refractivity contribution in [2.45, 2.75) is 32.5 Å². The highest BCUT2D eigenvalue weighted by Gasteiger charge is 2.22. The Bertz CT molecular complexity index is 443. The average molecular weight is 333 g/mol. The van der Waals surface area contributed by atoms with Gasteiger partial charge in [0.15, 0.2) is 0 Å². The molecule has 1 saturated heterocycles. The van der Waals surface area contributed by atoms with E-state index in [0.29, 0.717) is 11.4 Å². The van der Waals surface area contributed by atoms with Crippen molar-refractivity contribution < 1.29 is 9.53 Å². The van der Waals surface area contributed by atoms with Gasteiger partial charge in [-0.2, -0.15) is 0 Å². The summed E-state index contributed by atoms with van der Waals surface area (Å²) in [5.74, 6) is 0.0270. The van der Waals surface area contributed by atoms with Gasteiger partial charge in [-0.1, -0.05) is 11.6 Å². The van der Waals surface area contributed by atoms with E-state index in [-0.39, 0.29) is 30.5 Å².